The number of aromatic nitrogens is 1. The fourth-order valence-corrected chi connectivity index (χ4v) is 3.23. The molecule has 1 heterocycles. The number of alkyl halides is 3. The van der Waals surface area contributed by atoms with Crippen LogP contribution in [0.4, 0.5) is 13.2 Å². The molecule has 0 bridgehead atoms. The molecule has 0 radical (unpaired) electrons. The molecule has 2 aromatic carbocycles. The lowest BCUT2D eigenvalue weighted by molar-refractivity contribution is -0.137. The molecule has 1 amide bonds. The van der Waals surface area contributed by atoms with Crippen molar-refractivity contribution in [3.05, 3.63) is 87.1 Å². The van der Waals surface area contributed by atoms with Gasteiger partial charge in [-0.15, -0.1) is 0 Å². The predicted octanol–water partition coefficient (Wildman–Crippen LogP) is 5.64. The average molecular weight is 464 g/mol. The SMILES string of the molecule is Cc1cc(/C=N/NC(=O)c2ccc(Br)cc2)c(C)n1-c1cccc(C(F)(F)F)c1. The number of nitrogens with zero attached hydrogens (tertiary/aromatic N) is 2. The molecule has 0 saturated carbocycles. The van der Waals surface area contributed by atoms with Gasteiger partial charge in [-0.2, -0.15) is 18.3 Å². The van der Waals surface area contributed by atoms with Gasteiger partial charge >= 0.3 is 6.18 Å². The Morgan fingerprint density at radius 2 is 1.79 bits per heavy atom. The molecule has 8 heteroatoms. The maximum Gasteiger partial charge on any atom is 0.416 e. The van der Waals surface area contributed by atoms with E-state index in [4.69, 9.17) is 0 Å². The Balaban J connectivity index is 1.82. The Bertz CT molecular complexity index is 1070. The van der Waals surface area contributed by atoms with Crippen molar-refractivity contribution >= 4 is 28.1 Å². The Morgan fingerprint density at radius 1 is 1.10 bits per heavy atom. The quantitative estimate of drug-likeness (QED) is 0.394. The number of carbonyl (C=O) groups is 1. The van der Waals surface area contributed by atoms with Crippen LogP contribution in [0, 0.1) is 13.8 Å². The lowest BCUT2D eigenvalue weighted by Gasteiger charge is -2.13. The van der Waals surface area contributed by atoms with Crippen molar-refractivity contribution in [1.29, 1.82) is 0 Å². The second-order valence-corrected chi connectivity index (χ2v) is 7.33. The van der Waals surface area contributed by atoms with Gasteiger partial charge in [0.05, 0.1) is 11.8 Å². The molecular weight excluding hydrogens is 447 g/mol. The van der Waals surface area contributed by atoms with E-state index in [0.29, 0.717) is 22.5 Å². The number of benzene rings is 2. The van der Waals surface area contributed by atoms with Crippen LogP contribution in [0.15, 0.2) is 64.2 Å². The molecule has 3 rings (SSSR count). The van der Waals surface area contributed by atoms with Crippen LogP contribution in [-0.2, 0) is 6.18 Å². The van der Waals surface area contributed by atoms with E-state index in [1.165, 1.54) is 12.3 Å². The molecule has 1 N–H and O–H groups in total. The van der Waals surface area contributed by atoms with Gasteiger partial charge in [-0.05, 0) is 62.4 Å². The summed E-state index contributed by atoms with van der Waals surface area (Å²) in [5.74, 6) is -0.361. The fraction of sp³-hybridized carbons (Fsp3) is 0.143. The van der Waals surface area contributed by atoms with E-state index in [2.05, 4.69) is 26.5 Å². The third kappa shape index (κ3) is 4.76. The Morgan fingerprint density at radius 3 is 2.45 bits per heavy atom. The number of amides is 1. The summed E-state index contributed by atoms with van der Waals surface area (Å²) < 4.78 is 41.6. The largest absolute Gasteiger partial charge is 0.416 e. The molecule has 150 valence electrons. The molecule has 3 aromatic rings. The van der Waals surface area contributed by atoms with Crippen LogP contribution in [0.3, 0.4) is 0 Å². The molecule has 0 aliphatic carbocycles. The van der Waals surface area contributed by atoms with Crippen LogP contribution in [0.1, 0.15) is 32.9 Å². The number of hydrogen-bond donors (Lipinski definition) is 1. The molecule has 4 nitrogen and oxygen atoms in total. The molecule has 0 unspecified atom stereocenters. The predicted molar refractivity (Wildman–Crippen MR) is 109 cm³/mol. The number of rotatable bonds is 4. The zero-order chi connectivity index (χ0) is 21.2. The minimum atomic E-state index is -4.41. The van der Waals surface area contributed by atoms with Gasteiger partial charge in [0.2, 0.25) is 0 Å². The van der Waals surface area contributed by atoms with Crippen LogP contribution < -0.4 is 5.43 Å². The first-order valence-electron chi connectivity index (χ1n) is 8.62. The highest BCUT2D eigenvalue weighted by atomic mass is 79.9. The van der Waals surface area contributed by atoms with E-state index < -0.39 is 11.7 Å². The standard InChI is InChI=1S/C21H17BrF3N3O/c1-13-10-16(12-26-27-20(29)15-6-8-18(22)9-7-15)14(2)28(13)19-5-3-4-17(11-19)21(23,24)25/h3-12H,1-2H3,(H,27,29)/b26-12+. The summed E-state index contributed by atoms with van der Waals surface area (Å²) >= 11 is 3.30. The topological polar surface area (TPSA) is 46.4 Å². The molecule has 0 aliphatic heterocycles. The molecule has 0 atom stereocenters. The van der Waals surface area contributed by atoms with Crippen molar-refractivity contribution < 1.29 is 18.0 Å². The zero-order valence-electron chi connectivity index (χ0n) is 15.6. The van der Waals surface area contributed by atoms with Crippen molar-refractivity contribution in [3.8, 4) is 5.69 Å². The van der Waals surface area contributed by atoms with Gasteiger partial charge in [0.1, 0.15) is 0 Å². The Hall–Kier alpha value is -2.87. The summed E-state index contributed by atoms with van der Waals surface area (Å²) in [6, 6.07) is 13.8. The van der Waals surface area contributed by atoms with Crippen molar-refractivity contribution in [2.45, 2.75) is 20.0 Å². The van der Waals surface area contributed by atoms with Gasteiger partial charge < -0.3 is 4.57 Å². The molecular formula is C21H17BrF3N3O. The van der Waals surface area contributed by atoms with E-state index in [-0.39, 0.29) is 5.91 Å². The fourth-order valence-electron chi connectivity index (χ4n) is 2.96. The monoisotopic (exact) mass is 463 g/mol. The third-order valence-electron chi connectivity index (χ3n) is 4.38. The van der Waals surface area contributed by atoms with Crippen molar-refractivity contribution in [2.24, 2.45) is 5.10 Å². The summed E-state index contributed by atoms with van der Waals surface area (Å²) in [7, 11) is 0. The number of nitrogens with one attached hydrogen (secondary N) is 1. The van der Waals surface area contributed by atoms with Gasteiger partial charge in [0.25, 0.3) is 5.91 Å². The number of hydrazone groups is 1. The summed E-state index contributed by atoms with van der Waals surface area (Å²) in [6.07, 6.45) is -2.93. The highest BCUT2D eigenvalue weighted by molar-refractivity contribution is 9.10. The number of carbonyl (C=O) groups excluding carboxylic acids is 1. The Labute approximate surface area is 174 Å². The summed E-state index contributed by atoms with van der Waals surface area (Å²) in [5, 5.41) is 3.98. The molecule has 0 aliphatic rings. The van der Waals surface area contributed by atoms with Crippen LogP contribution >= 0.6 is 15.9 Å². The second kappa shape index (κ2) is 8.24. The molecule has 29 heavy (non-hydrogen) atoms. The van der Waals surface area contributed by atoms with Gasteiger partial charge in [0.15, 0.2) is 0 Å². The van der Waals surface area contributed by atoms with Gasteiger partial charge in [-0.3, -0.25) is 4.79 Å². The van der Waals surface area contributed by atoms with Crippen molar-refractivity contribution in [3.63, 3.8) is 0 Å². The maximum atomic E-state index is 13.0. The first kappa shape index (κ1) is 20.9. The number of aryl methyl sites for hydroxylation is 1. The maximum absolute atomic E-state index is 13.0. The molecule has 0 fully saturated rings. The van der Waals surface area contributed by atoms with E-state index in [0.717, 1.165) is 22.3 Å². The first-order valence-corrected chi connectivity index (χ1v) is 9.41. The number of hydrogen-bond acceptors (Lipinski definition) is 2. The van der Waals surface area contributed by atoms with E-state index >= 15 is 0 Å². The van der Waals surface area contributed by atoms with E-state index in [1.54, 1.807) is 54.8 Å². The first-order chi connectivity index (χ1) is 13.7. The minimum Gasteiger partial charge on any atom is -0.318 e. The Kier molecular flexibility index (Phi) is 5.93. The lowest BCUT2D eigenvalue weighted by atomic mass is 10.2. The van der Waals surface area contributed by atoms with Crippen molar-refractivity contribution in [2.75, 3.05) is 0 Å². The van der Waals surface area contributed by atoms with Crippen LogP contribution in [0.5, 0.6) is 0 Å². The minimum absolute atomic E-state index is 0.361. The van der Waals surface area contributed by atoms with Crippen molar-refractivity contribution in [1.82, 2.24) is 9.99 Å². The zero-order valence-corrected chi connectivity index (χ0v) is 17.2. The summed E-state index contributed by atoms with van der Waals surface area (Å²) in [5.41, 5.74) is 4.76. The molecule has 0 saturated heterocycles. The van der Waals surface area contributed by atoms with E-state index in [1.807, 2.05) is 0 Å². The molecule has 0 spiro atoms. The lowest BCUT2D eigenvalue weighted by Crippen LogP contribution is -2.17. The van der Waals surface area contributed by atoms with Crippen LogP contribution in [0.2, 0.25) is 0 Å². The highest BCUT2D eigenvalue weighted by Crippen LogP contribution is 2.31. The summed E-state index contributed by atoms with van der Waals surface area (Å²) in [6.45, 7) is 3.58. The molecule has 1 aromatic heterocycles. The van der Waals surface area contributed by atoms with E-state index in [9.17, 15) is 18.0 Å². The third-order valence-corrected chi connectivity index (χ3v) is 4.91. The van der Waals surface area contributed by atoms with Crippen LogP contribution in [-0.4, -0.2) is 16.7 Å². The average Bonchev–Trinajstić information content (AvgIpc) is 2.95. The van der Waals surface area contributed by atoms with Gasteiger partial charge in [-0.1, -0.05) is 22.0 Å². The number of halogens is 4. The highest BCUT2D eigenvalue weighted by Gasteiger charge is 2.30. The van der Waals surface area contributed by atoms with Gasteiger partial charge in [-0.25, -0.2) is 5.43 Å². The summed E-state index contributed by atoms with van der Waals surface area (Å²) in [4.78, 5) is 12.1. The second-order valence-electron chi connectivity index (χ2n) is 6.42. The van der Waals surface area contributed by atoms with Crippen LogP contribution in [0.25, 0.3) is 5.69 Å². The smallest absolute Gasteiger partial charge is 0.318 e. The normalized spacial score (nSPS) is 11.8. The van der Waals surface area contributed by atoms with Gasteiger partial charge in [0, 0.05) is 32.7 Å².